The molecule has 92 valence electrons. The molecule has 0 aromatic carbocycles. The summed E-state index contributed by atoms with van der Waals surface area (Å²) in [4.78, 5) is 18.9. The maximum atomic E-state index is 13.8. The van der Waals surface area contributed by atoms with Crippen LogP contribution in [-0.2, 0) is 0 Å². The maximum absolute atomic E-state index is 13.8. The molecule has 4 nitrogen and oxygen atoms in total. The summed E-state index contributed by atoms with van der Waals surface area (Å²) in [7, 11) is 0. The summed E-state index contributed by atoms with van der Waals surface area (Å²) in [5.74, 6) is -1.68. The number of carboxylic acid groups (broad SMARTS) is 1. The Labute approximate surface area is 103 Å². The van der Waals surface area contributed by atoms with Crippen molar-refractivity contribution in [3.8, 4) is 11.1 Å². The van der Waals surface area contributed by atoms with Crippen molar-refractivity contribution >= 4 is 5.97 Å². The molecule has 0 aliphatic carbocycles. The second-order valence-electron chi connectivity index (χ2n) is 3.98. The molecular formula is C13H11FN2O2. The third-order valence-corrected chi connectivity index (χ3v) is 2.55. The Kier molecular flexibility index (Phi) is 3.06. The van der Waals surface area contributed by atoms with Gasteiger partial charge in [-0.15, -0.1) is 0 Å². The van der Waals surface area contributed by atoms with Crippen molar-refractivity contribution in [1.29, 1.82) is 0 Å². The van der Waals surface area contributed by atoms with Crippen LogP contribution in [0.25, 0.3) is 11.1 Å². The van der Waals surface area contributed by atoms with Crippen LogP contribution in [0, 0.1) is 19.7 Å². The Morgan fingerprint density at radius 3 is 2.28 bits per heavy atom. The predicted molar refractivity (Wildman–Crippen MR) is 63.9 cm³/mol. The van der Waals surface area contributed by atoms with Crippen LogP contribution in [0.3, 0.4) is 0 Å². The molecular weight excluding hydrogens is 235 g/mol. The van der Waals surface area contributed by atoms with Gasteiger partial charge in [0.25, 0.3) is 0 Å². The minimum absolute atomic E-state index is 0.0231. The molecule has 1 N–H and O–H groups in total. The Morgan fingerprint density at radius 1 is 1.11 bits per heavy atom. The van der Waals surface area contributed by atoms with Gasteiger partial charge >= 0.3 is 5.97 Å². The van der Waals surface area contributed by atoms with Gasteiger partial charge in [-0.25, -0.2) is 9.18 Å². The number of aromatic nitrogens is 2. The molecule has 0 unspecified atom stereocenters. The number of nitrogens with zero attached hydrogens (tertiary/aromatic N) is 2. The van der Waals surface area contributed by atoms with E-state index in [0.29, 0.717) is 17.0 Å². The first-order valence-electron chi connectivity index (χ1n) is 5.31. The molecule has 0 radical (unpaired) electrons. The van der Waals surface area contributed by atoms with Crippen LogP contribution >= 0.6 is 0 Å². The third kappa shape index (κ3) is 2.20. The van der Waals surface area contributed by atoms with E-state index in [2.05, 4.69) is 9.97 Å². The highest BCUT2D eigenvalue weighted by atomic mass is 19.1. The first kappa shape index (κ1) is 12.2. The number of halogens is 1. The molecule has 2 heterocycles. The minimum Gasteiger partial charge on any atom is -0.478 e. The van der Waals surface area contributed by atoms with Gasteiger partial charge in [-0.3, -0.25) is 9.97 Å². The van der Waals surface area contributed by atoms with Gasteiger partial charge in [-0.05, 0) is 26.0 Å². The second kappa shape index (κ2) is 4.52. The van der Waals surface area contributed by atoms with Crippen molar-refractivity contribution in [3.05, 3.63) is 47.3 Å². The van der Waals surface area contributed by atoms with Crippen LogP contribution < -0.4 is 0 Å². The number of carboxylic acids is 1. The van der Waals surface area contributed by atoms with Crippen molar-refractivity contribution in [2.75, 3.05) is 0 Å². The summed E-state index contributed by atoms with van der Waals surface area (Å²) in [6, 6.07) is 3.08. The predicted octanol–water partition coefficient (Wildman–Crippen LogP) is 2.60. The smallest absolute Gasteiger partial charge is 0.337 e. The van der Waals surface area contributed by atoms with E-state index in [1.54, 1.807) is 19.9 Å². The van der Waals surface area contributed by atoms with Crippen LogP contribution in [0.1, 0.15) is 21.7 Å². The quantitative estimate of drug-likeness (QED) is 0.884. The van der Waals surface area contributed by atoms with Crippen LogP contribution in [-0.4, -0.2) is 21.0 Å². The van der Waals surface area contributed by atoms with E-state index in [1.807, 2.05) is 0 Å². The van der Waals surface area contributed by atoms with Gasteiger partial charge in [-0.1, -0.05) is 0 Å². The molecule has 0 bridgehead atoms. The lowest BCUT2D eigenvalue weighted by molar-refractivity contribution is 0.0697. The van der Waals surface area contributed by atoms with Crippen LogP contribution in [0.4, 0.5) is 4.39 Å². The standard InChI is InChI=1S/C13H11FN2O2/c1-7-3-9(11(5-15-7)13(17)18)10-4-8(2)16-6-12(10)14/h3-6H,1-2H3,(H,17,18). The van der Waals surface area contributed by atoms with Gasteiger partial charge in [0.1, 0.15) is 5.82 Å². The van der Waals surface area contributed by atoms with Crippen molar-refractivity contribution in [3.63, 3.8) is 0 Å². The van der Waals surface area contributed by atoms with Crippen molar-refractivity contribution in [1.82, 2.24) is 9.97 Å². The molecule has 0 spiro atoms. The fourth-order valence-electron chi connectivity index (χ4n) is 1.70. The molecule has 0 atom stereocenters. The van der Waals surface area contributed by atoms with Gasteiger partial charge in [0.2, 0.25) is 0 Å². The molecule has 2 aromatic heterocycles. The fraction of sp³-hybridized carbons (Fsp3) is 0.154. The summed E-state index contributed by atoms with van der Waals surface area (Å²) in [5, 5.41) is 9.10. The molecule has 2 aromatic rings. The lowest BCUT2D eigenvalue weighted by Gasteiger charge is -2.08. The largest absolute Gasteiger partial charge is 0.478 e. The summed E-state index contributed by atoms with van der Waals surface area (Å²) in [5.41, 5.74) is 1.77. The van der Waals surface area contributed by atoms with E-state index in [0.717, 1.165) is 6.20 Å². The zero-order valence-corrected chi connectivity index (χ0v) is 9.94. The molecule has 0 amide bonds. The molecule has 2 rings (SSSR count). The molecule has 0 saturated heterocycles. The number of hydrogen-bond acceptors (Lipinski definition) is 3. The maximum Gasteiger partial charge on any atom is 0.337 e. The Morgan fingerprint density at radius 2 is 1.67 bits per heavy atom. The number of hydrogen-bond donors (Lipinski definition) is 1. The Bertz CT molecular complexity index is 626. The number of carbonyl (C=O) groups is 1. The molecule has 5 heteroatoms. The second-order valence-corrected chi connectivity index (χ2v) is 3.98. The summed E-state index contributed by atoms with van der Waals surface area (Å²) in [6.45, 7) is 3.44. The van der Waals surface area contributed by atoms with Crippen molar-refractivity contribution < 1.29 is 14.3 Å². The lowest BCUT2D eigenvalue weighted by Crippen LogP contribution is -2.03. The van der Waals surface area contributed by atoms with Crippen LogP contribution in [0.2, 0.25) is 0 Å². The SMILES string of the molecule is Cc1cc(-c2cc(C)ncc2C(=O)O)c(F)cn1. The fourth-order valence-corrected chi connectivity index (χ4v) is 1.70. The lowest BCUT2D eigenvalue weighted by atomic mass is 10.0. The van der Waals surface area contributed by atoms with E-state index < -0.39 is 11.8 Å². The first-order valence-corrected chi connectivity index (χ1v) is 5.31. The summed E-state index contributed by atoms with van der Waals surface area (Å²) >= 11 is 0. The van der Waals surface area contributed by atoms with E-state index in [-0.39, 0.29) is 11.1 Å². The highest BCUT2D eigenvalue weighted by Gasteiger charge is 2.16. The topological polar surface area (TPSA) is 63.1 Å². The third-order valence-electron chi connectivity index (χ3n) is 2.55. The summed E-state index contributed by atoms with van der Waals surface area (Å²) < 4.78 is 13.8. The van der Waals surface area contributed by atoms with Crippen molar-refractivity contribution in [2.45, 2.75) is 13.8 Å². The highest BCUT2D eigenvalue weighted by molar-refractivity contribution is 5.95. The van der Waals surface area contributed by atoms with Crippen molar-refractivity contribution in [2.24, 2.45) is 0 Å². The highest BCUT2D eigenvalue weighted by Crippen LogP contribution is 2.26. The van der Waals surface area contributed by atoms with E-state index in [4.69, 9.17) is 5.11 Å². The van der Waals surface area contributed by atoms with E-state index in [9.17, 15) is 9.18 Å². The zero-order chi connectivity index (χ0) is 13.3. The number of aryl methyl sites for hydroxylation is 2. The molecule has 0 aliphatic heterocycles. The van der Waals surface area contributed by atoms with Gasteiger partial charge in [0, 0.05) is 28.7 Å². The van der Waals surface area contributed by atoms with E-state index in [1.165, 1.54) is 12.3 Å². The average molecular weight is 246 g/mol. The van der Waals surface area contributed by atoms with E-state index >= 15 is 0 Å². The van der Waals surface area contributed by atoms with Gasteiger partial charge in [0.05, 0.1) is 11.8 Å². The van der Waals surface area contributed by atoms with Gasteiger partial charge < -0.3 is 5.11 Å². The average Bonchev–Trinajstić information content (AvgIpc) is 2.31. The van der Waals surface area contributed by atoms with Gasteiger partial charge in [-0.2, -0.15) is 0 Å². The molecule has 0 saturated carbocycles. The monoisotopic (exact) mass is 246 g/mol. The molecule has 18 heavy (non-hydrogen) atoms. The first-order chi connectivity index (χ1) is 8.49. The minimum atomic E-state index is -1.13. The van der Waals surface area contributed by atoms with Crippen LogP contribution in [0.15, 0.2) is 24.5 Å². The summed E-state index contributed by atoms with van der Waals surface area (Å²) in [6.07, 6.45) is 2.33. The van der Waals surface area contributed by atoms with Gasteiger partial charge in [0.15, 0.2) is 0 Å². The molecule has 0 aliphatic rings. The Balaban J connectivity index is 2.73. The number of rotatable bonds is 2. The Hall–Kier alpha value is -2.30. The molecule has 0 fully saturated rings. The van der Waals surface area contributed by atoms with Crippen LogP contribution in [0.5, 0.6) is 0 Å². The zero-order valence-electron chi connectivity index (χ0n) is 9.94. The number of aromatic carboxylic acids is 1. The number of pyridine rings is 2. The normalized spacial score (nSPS) is 10.4.